The van der Waals surface area contributed by atoms with Crippen molar-refractivity contribution in [3.63, 3.8) is 0 Å². The quantitative estimate of drug-likeness (QED) is 0.932. The predicted molar refractivity (Wildman–Crippen MR) is 74.4 cm³/mol. The molecule has 5 nitrogen and oxygen atoms in total. The van der Waals surface area contributed by atoms with Crippen LogP contribution in [0.25, 0.3) is 0 Å². The van der Waals surface area contributed by atoms with Gasteiger partial charge in [0, 0.05) is 18.5 Å². The van der Waals surface area contributed by atoms with E-state index in [1.165, 1.54) is 0 Å². The molecule has 0 aliphatic carbocycles. The Balaban J connectivity index is 1.94. The zero-order chi connectivity index (χ0) is 14.1. The number of anilines is 1. The fourth-order valence-corrected chi connectivity index (χ4v) is 2.49. The van der Waals surface area contributed by atoms with E-state index in [9.17, 15) is 4.79 Å². The summed E-state index contributed by atoms with van der Waals surface area (Å²) in [6.45, 7) is 4.22. The van der Waals surface area contributed by atoms with Crippen molar-refractivity contribution in [2.75, 3.05) is 5.32 Å². The topological polar surface area (TPSA) is 68.0 Å². The Morgan fingerprint density at radius 2 is 2.20 bits per heavy atom. The third-order valence-electron chi connectivity index (χ3n) is 3.37. The smallest absolute Gasteiger partial charge is 0.234 e. The summed E-state index contributed by atoms with van der Waals surface area (Å²) in [7, 11) is 0. The zero-order valence-electron chi connectivity index (χ0n) is 11.6. The molecule has 0 saturated heterocycles. The van der Waals surface area contributed by atoms with Crippen LogP contribution in [0.5, 0.6) is 0 Å². The molecule has 0 spiro atoms. The molecule has 0 unspecified atom stereocenters. The molecule has 5 heteroatoms. The Morgan fingerprint density at radius 1 is 1.40 bits per heavy atom. The maximum absolute atomic E-state index is 11.8. The van der Waals surface area contributed by atoms with E-state index < -0.39 is 0 Å². The van der Waals surface area contributed by atoms with E-state index in [1.807, 2.05) is 24.3 Å². The number of carbonyl (C=O) groups excluding carboxylic acids is 1. The first-order valence-electron chi connectivity index (χ1n) is 6.84. The Morgan fingerprint density at radius 3 is 3.00 bits per heavy atom. The molecule has 2 aromatic rings. The van der Waals surface area contributed by atoms with Gasteiger partial charge in [-0.1, -0.05) is 37.2 Å². The van der Waals surface area contributed by atoms with E-state index in [-0.39, 0.29) is 11.8 Å². The number of aromatic nitrogens is 2. The van der Waals surface area contributed by atoms with E-state index in [0.717, 1.165) is 17.7 Å². The molecule has 20 heavy (non-hydrogen) atoms. The molecule has 104 valence electrons. The van der Waals surface area contributed by atoms with Gasteiger partial charge in [-0.15, -0.1) is 0 Å². The molecule has 2 heterocycles. The Kier molecular flexibility index (Phi) is 3.26. The lowest BCUT2D eigenvalue weighted by molar-refractivity contribution is -0.116. The standard InChI is InChI=1S/C15H17N3O2/c1-9(2)7-13-17-15(20-18-13)11-8-14(19)16-12-6-4-3-5-10(11)12/h3-6,9,11H,7-8H2,1-2H3,(H,16,19)/t11-/m1/s1. The van der Waals surface area contributed by atoms with Crippen molar-refractivity contribution in [3.05, 3.63) is 41.5 Å². The number of hydrogen-bond acceptors (Lipinski definition) is 4. The van der Waals surface area contributed by atoms with Gasteiger partial charge in [-0.2, -0.15) is 4.98 Å². The second-order valence-electron chi connectivity index (χ2n) is 5.54. The number of fused-ring (bicyclic) bond motifs is 1. The lowest BCUT2D eigenvalue weighted by Crippen LogP contribution is -2.23. The minimum absolute atomic E-state index is 0.0164. The molecule has 1 aliphatic rings. The second-order valence-corrected chi connectivity index (χ2v) is 5.54. The van der Waals surface area contributed by atoms with Crippen molar-refractivity contribution in [2.24, 2.45) is 5.92 Å². The summed E-state index contributed by atoms with van der Waals surface area (Å²) in [5.74, 6) is 1.55. The lowest BCUT2D eigenvalue weighted by atomic mass is 9.90. The van der Waals surface area contributed by atoms with Gasteiger partial charge in [-0.05, 0) is 17.5 Å². The number of nitrogens with zero attached hydrogens (tertiary/aromatic N) is 2. The number of hydrogen-bond donors (Lipinski definition) is 1. The van der Waals surface area contributed by atoms with Crippen LogP contribution in [0.1, 0.15) is 43.5 Å². The molecule has 1 aromatic heterocycles. The lowest BCUT2D eigenvalue weighted by Gasteiger charge is -2.22. The fourth-order valence-electron chi connectivity index (χ4n) is 2.49. The van der Waals surface area contributed by atoms with Gasteiger partial charge in [0.25, 0.3) is 0 Å². The highest BCUT2D eigenvalue weighted by molar-refractivity contribution is 5.95. The van der Waals surface area contributed by atoms with Crippen LogP contribution < -0.4 is 5.32 Å². The van der Waals surface area contributed by atoms with Crippen LogP contribution in [0, 0.1) is 5.92 Å². The molecular weight excluding hydrogens is 254 g/mol. The van der Waals surface area contributed by atoms with Gasteiger partial charge in [0.15, 0.2) is 5.82 Å². The SMILES string of the molecule is CC(C)Cc1noc([C@@H]2CC(=O)Nc3ccccc32)n1. The molecule has 1 atom stereocenters. The van der Waals surface area contributed by atoms with Crippen LogP contribution in [0.15, 0.2) is 28.8 Å². The minimum Gasteiger partial charge on any atom is -0.339 e. The summed E-state index contributed by atoms with van der Waals surface area (Å²) >= 11 is 0. The fraction of sp³-hybridized carbons (Fsp3) is 0.400. The zero-order valence-corrected chi connectivity index (χ0v) is 11.6. The van der Waals surface area contributed by atoms with Gasteiger partial charge in [0.1, 0.15) is 0 Å². The van der Waals surface area contributed by atoms with E-state index in [1.54, 1.807) is 0 Å². The average molecular weight is 271 g/mol. The molecule has 0 bridgehead atoms. The molecule has 1 aliphatic heterocycles. The number of amides is 1. The monoisotopic (exact) mass is 271 g/mol. The molecule has 0 fully saturated rings. The van der Waals surface area contributed by atoms with E-state index >= 15 is 0 Å². The van der Waals surface area contributed by atoms with Crippen LogP contribution in [-0.4, -0.2) is 16.0 Å². The number of nitrogens with one attached hydrogen (secondary N) is 1. The van der Waals surface area contributed by atoms with Crippen molar-refractivity contribution in [2.45, 2.75) is 32.6 Å². The summed E-state index contributed by atoms with van der Waals surface area (Å²) in [4.78, 5) is 16.2. The van der Waals surface area contributed by atoms with Gasteiger partial charge in [-0.3, -0.25) is 4.79 Å². The number of benzene rings is 1. The maximum atomic E-state index is 11.8. The minimum atomic E-state index is -0.145. The highest BCUT2D eigenvalue weighted by Gasteiger charge is 2.30. The number of rotatable bonds is 3. The van der Waals surface area contributed by atoms with Crippen LogP contribution in [-0.2, 0) is 11.2 Å². The van der Waals surface area contributed by atoms with Crippen LogP contribution in [0.2, 0.25) is 0 Å². The molecule has 3 rings (SSSR count). The first-order chi connectivity index (χ1) is 9.63. The van der Waals surface area contributed by atoms with Crippen molar-refractivity contribution in [3.8, 4) is 0 Å². The molecule has 1 aromatic carbocycles. The van der Waals surface area contributed by atoms with Crippen molar-refractivity contribution >= 4 is 11.6 Å². The van der Waals surface area contributed by atoms with Crippen LogP contribution in [0.4, 0.5) is 5.69 Å². The summed E-state index contributed by atoms with van der Waals surface area (Å²) in [5.41, 5.74) is 1.87. The summed E-state index contributed by atoms with van der Waals surface area (Å²) in [6, 6.07) is 7.74. The molecule has 0 radical (unpaired) electrons. The third kappa shape index (κ3) is 2.43. The molecule has 1 N–H and O–H groups in total. The Bertz CT molecular complexity index is 634. The second kappa shape index (κ2) is 5.07. The molecule has 1 amide bonds. The van der Waals surface area contributed by atoms with Gasteiger partial charge < -0.3 is 9.84 Å². The Hall–Kier alpha value is -2.17. The van der Waals surface area contributed by atoms with Crippen molar-refractivity contribution in [1.82, 2.24) is 10.1 Å². The number of para-hydroxylation sites is 1. The molecular formula is C15H17N3O2. The predicted octanol–water partition coefficient (Wildman–Crippen LogP) is 2.74. The normalized spacial score (nSPS) is 17.9. The van der Waals surface area contributed by atoms with Gasteiger partial charge in [0.05, 0.1) is 5.92 Å². The van der Waals surface area contributed by atoms with Gasteiger partial charge in [0.2, 0.25) is 11.8 Å². The van der Waals surface area contributed by atoms with E-state index in [0.29, 0.717) is 24.1 Å². The van der Waals surface area contributed by atoms with Gasteiger partial charge >= 0.3 is 0 Å². The molecule has 0 saturated carbocycles. The van der Waals surface area contributed by atoms with E-state index in [4.69, 9.17) is 4.52 Å². The van der Waals surface area contributed by atoms with Crippen molar-refractivity contribution < 1.29 is 9.32 Å². The highest BCUT2D eigenvalue weighted by atomic mass is 16.5. The first-order valence-corrected chi connectivity index (χ1v) is 6.84. The first kappa shape index (κ1) is 12.8. The van der Waals surface area contributed by atoms with Crippen LogP contribution in [0.3, 0.4) is 0 Å². The van der Waals surface area contributed by atoms with Crippen LogP contribution >= 0.6 is 0 Å². The summed E-state index contributed by atoms with van der Waals surface area (Å²) < 4.78 is 5.37. The average Bonchev–Trinajstić information content (AvgIpc) is 2.85. The van der Waals surface area contributed by atoms with Gasteiger partial charge in [-0.25, -0.2) is 0 Å². The highest BCUT2D eigenvalue weighted by Crippen LogP contribution is 2.35. The maximum Gasteiger partial charge on any atom is 0.234 e. The van der Waals surface area contributed by atoms with E-state index in [2.05, 4.69) is 29.3 Å². The summed E-state index contributed by atoms with van der Waals surface area (Å²) in [6.07, 6.45) is 1.13. The Labute approximate surface area is 117 Å². The largest absolute Gasteiger partial charge is 0.339 e. The number of carbonyl (C=O) groups is 1. The van der Waals surface area contributed by atoms with Crippen molar-refractivity contribution in [1.29, 1.82) is 0 Å². The third-order valence-corrected chi connectivity index (χ3v) is 3.37. The summed E-state index contributed by atoms with van der Waals surface area (Å²) in [5, 5.41) is 6.88.